The van der Waals surface area contributed by atoms with Crippen LogP contribution in [0, 0.1) is 0 Å². The van der Waals surface area contributed by atoms with Gasteiger partial charge in [-0.3, -0.25) is 9.59 Å². The minimum atomic E-state index is -0.796. The zero-order chi connectivity index (χ0) is 19.1. The SMILES string of the molecule is CC(=O)OCCN(CCCl)c1ccc2c(c1)nc(CCCC(=O)O)n2C. The van der Waals surface area contributed by atoms with Crippen molar-refractivity contribution < 1.29 is 19.4 Å². The summed E-state index contributed by atoms with van der Waals surface area (Å²) in [4.78, 5) is 28.3. The van der Waals surface area contributed by atoms with Crippen molar-refractivity contribution >= 4 is 40.3 Å². The van der Waals surface area contributed by atoms with Crippen molar-refractivity contribution in [1.82, 2.24) is 9.55 Å². The molecule has 1 aromatic carbocycles. The highest BCUT2D eigenvalue weighted by molar-refractivity contribution is 6.18. The number of alkyl halides is 1. The predicted molar refractivity (Wildman–Crippen MR) is 101 cm³/mol. The molecule has 0 saturated heterocycles. The van der Waals surface area contributed by atoms with E-state index in [1.165, 1.54) is 6.92 Å². The molecule has 0 aliphatic heterocycles. The van der Waals surface area contributed by atoms with E-state index in [9.17, 15) is 9.59 Å². The van der Waals surface area contributed by atoms with Gasteiger partial charge in [-0.2, -0.15) is 0 Å². The lowest BCUT2D eigenvalue weighted by molar-refractivity contribution is -0.140. The lowest BCUT2D eigenvalue weighted by Gasteiger charge is -2.23. The third-order valence-electron chi connectivity index (χ3n) is 4.13. The number of imidazole rings is 1. The van der Waals surface area contributed by atoms with Crippen molar-refractivity contribution in [3.05, 3.63) is 24.0 Å². The zero-order valence-electron chi connectivity index (χ0n) is 15.1. The van der Waals surface area contributed by atoms with Gasteiger partial charge < -0.3 is 19.3 Å². The van der Waals surface area contributed by atoms with Gasteiger partial charge in [0, 0.05) is 44.9 Å². The summed E-state index contributed by atoms with van der Waals surface area (Å²) in [5.74, 6) is 0.223. The maximum absolute atomic E-state index is 10.9. The van der Waals surface area contributed by atoms with E-state index in [1.54, 1.807) is 0 Å². The summed E-state index contributed by atoms with van der Waals surface area (Å²) >= 11 is 5.90. The van der Waals surface area contributed by atoms with Crippen LogP contribution in [-0.4, -0.2) is 52.2 Å². The van der Waals surface area contributed by atoms with Crippen LogP contribution in [0.1, 0.15) is 25.6 Å². The number of benzene rings is 1. The summed E-state index contributed by atoms with van der Waals surface area (Å²) < 4.78 is 7.01. The number of anilines is 1. The number of halogens is 1. The van der Waals surface area contributed by atoms with E-state index in [2.05, 4.69) is 4.98 Å². The largest absolute Gasteiger partial charge is 0.481 e. The van der Waals surface area contributed by atoms with Gasteiger partial charge in [0.2, 0.25) is 0 Å². The van der Waals surface area contributed by atoms with Crippen LogP contribution >= 0.6 is 11.6 Å². The summed E-state index contributed by atoms with van der Waals surface area (Å²) in [6, 6.07) is 5.97. The van der Waals surface area contributed by atoms with Crippen LogP contribution < -0.4 is 4.90 Å². The van der Waals surface area contributed by atoms with Gasteiger partial charge >= 0.3 is 11.9 Å². The molecule has 2 rings (SSSR count). The molecule has 0 unspecified atom stereocenters. The maximum atomic E-state index is 10.9. The first kappa shape index (κ1) is 20.0. The third-order valence-corrected chi connectivity index (χ3v) is 4.30. The van der Waals surface area contributed by atoms with Crippen LogP contribution in [0.4, 0.5) is 5.69 Å². The Hall–Kier alpha value is -2.28. The van der Waals surface area contributed by atoms with Gasteiger partial charge in [0.25, 0.3) is 0 Å². The molecule has 0 aliphatic rings. The molecule has 0 saturated carbocycles. The van der Waals surface area contributed by atoms with Crippen molar-refractivity contribution in [2.24, 2.45) is 7.05 Å². The number of hydrogen-bond donors (Lipinski definition) is 1. The topological polar surface area (TPSA) is 84.7 Å². The third kappa shape index (κ3) is 5.36. The summed E-state index contributed by atoms with van der Waals surface area (Å²) in [5, 5.41) is 8.78. The molecular formula is C18H24ClN3O4. The number of carbonyl (C=O) groups excluding carboxylic acids is 1. The summed E-state index contributed by atoms with van der Waals surface area (Å²) in [6.45, 7) is 2.87. The van der Waals surface area contributed by atoms with E-state index in [4.69, 9.17) is 21.4 Å². The Morgan fingerprint density at radius 1 is 1.35 bits per heavy atom. The number of fused-ring (bicyclic) bond motifs is 1. The normalized spacial score (nSPS) is 10.9. The zero-order valence-corrected chi connectivity index (χ0v) is 15.8. The minimum absolute atomic E-state index is 0.133. The first-order valence-corrected chi connectivity index (χ1v) is 9.07. The molecule has 0 fully saturated rings. The average molecular weight is 382 g/mol. The molecule has 7 nitrogen and oxygen atoms in total. The molecular weight excluding hydrogens is 358 g/mol. The van der Waals surface area contributed by atoms with Crippen molar-refractivity contribution in [3.63, 3.8) is 0 Å². The lowest BCUT2D eigenvalue weighted by Crippen LogP contribution is -2.29. The number of hydrogen-bond acceptors (Lipinski definition) is 5. The van der Waals surface area contributed by atoms with Crippen molar-refractivity contribution in [1.29, 1.82) is 0 Å². The minimum Gasteiger partial charge on any atom is -0.481 e. The average Bonchev–Trinajstić information content (AvgIpc) is 2.89. The second kappa shape index (κ2) is 9.43. The quantitative estimate of drug-likeness (QED) is 0.503. The summed E-state index contributed by atoms with van der Waals surface area (Å²) in [6.07, 6.45) is 1.30. The Morgan fingerprint density at radius 3 is 2.77 bits per heavy atom. The van der Waals surface area contributed by atoms with Crippen LogP contribution in [0.2, 0.25) is 0 Å². The molecule has 1 heterocycles. The van der Waals surface area contributed by atoms with Gasteiger partial charge in [-0.05, 0) is 24.6 Å². The van der Waals surface area contributed by atoms with E-state index in [0.717, 1.165) is 22.5 Å². The molecule has 1 N–H and O–H groups in total. The van der Waals surface area contributed by atoms with Gasteiger partial charge in [0.1, 0.15) is 12.4 Å². The number of carboxylic acids is 1. The number of aryl methyl sites for hydroxylation is 2. The molecule has 0 atom stereocenters. The monoisotopic (exact) mass is 381 g/mol. The number of ether oxygens (including phenoxy) is 1. The fourth-order valence-corrected chi connectivity index (χ4v) is 3.03. The number of esters is 1. The van der Waals surface area contributed by atoms with Crippen molar-refractivity contribution in [2.45, 2.75) is 26.2 Å². The highest BCUT2D eigenvalue weighted by Gasteiger charge is 2.12. The molecule has 1 aromatic heterocycles. The molecule has 0 radical (unpaired) electrons. The first-order valence-electron chi connectivity index (χ1n) is 8.53. The molecule has 8 heteroatoms. The van der Waals surface area contributed by atoms with Crippen LogP contribution in [0.3, 0.4) is 0 Å². The molecule has 26 heavy (non-hydrogen) atoms. The highest BCUT2D eigenvalue weighted by Crippen LogP contribution is 2.23. The smallest absolute Gasteiger partial charge is 0.303 e. The number of carbonyl (C=O) groups is 2. The second-order valence-corrected chi connectivity index (χ2v) is 6.40. The summed E-state index contributed by atoms with van der Waals surface area (Å²) in [5.41, 5.74) is 2.80. The van der Waals surface area contributed by atoms with Gasteiger partial charge in [0.05, 0.1) is 17.6 Å². The van der Waals surface area contributed by atoms with Crippen LogP contribution in [-0.2, 0) is 27.8 Å². The Morgan fingerprint density at radius 2 is 2.12 bits per heavy atom. The van der Waals surface area contributed by atoms with Gasteiger partial charge in [-0.25, -0.2) is 4.98 Å². The van der Waals surface area contributed by atoms with Gasteiger partial charge in [0.15, 0.2) is 0 Å². The maximum Gasteiger partial charge on any atom is 0.303 e. The molecule has 0 spiro atoms. The highest BCUT2D eigenvalue weighted by atomic mass is 35.5. The fraction of sp³-hybridized carbons (Fsp3) is 0.500. The Bertz CT molecular complexity index is 775. The Labute approximate surface area is 157 Å². The Balaban J connectivity index is 2.17. The standard InChI is InChI=1S/C18H24ClN3O4/c1-13(23)26-11-10-22(9-8-19)14-6-7-16-15(12-14)20-17(21(16)2)4-3-5-18(24)25/h6-7,12H,3-5,8-11H2,1-2H3,(H,24,25). The van der Waals surface area contributed by atoms with Crippen LogP contribution in [0.5, 0.6) is 0 Å². The number of aromatic nitrogens is 2. The van der Waals surface area contributed by atoms with Crippen LogP contribution in [0.25, 0.3) is 11.0 Å². The number of aliphatic carboxylic acids is 1. The number of nitrogens with zero attached hydrogens (tertiary/aromatic N) is 3. The molecule has 0 amide bonds. The number of rotatable bonds is 10. The van der Waals surface area contributed by atoms with Crippen molar-refractivity contribution in [2.75, 3.05) is 30.5 Å². The van der Waals surface area contributed by atoms with E-state index in [-0.39, 0.29) is 12.4 Å². The van der Waals surface area contributed by atoms with Crippen LogP contribution in [0.15, 0.2) is 18.2 Å². The molecule has 142 valence electrons. The fourth-order valence-electron chi connectivity index (χ4n) is 2.83. The Kier molecular flexibility index (Phi) is 7.26. The van der Waals surface area contributed by atoms with Gasteiger partial charge in [-0.1, -0.05) is 0 Å². The predicted octanol–water partition coefficient (Wildman–Crippen LogP) is 2.59. The molecule has 0 aliphatic carbocycles. The van der Waals surface area contributed by atoms with E-state index < -0.39 is 5.97 Å². The lowest BCUT2D eigenvalue weighted by atomic mass is 10.2. The second-order valence-electron chi connectivity index (χ2n) is 6.02. The first-order chi connectivity index (χ1) is 12.4. The van der Waals surface area contributed by atoms with Crippen molar-refractivity contribution in [3.8, 4) is 0 Å². The van der Waals surface area contributed by atoms with E-state index >= 15 is 0 Å². The number of carboxylic acid groups (broad SMARTS) is 1. The summed E-state index contributed by atoms with van der Waals surface area (Å²) in [7, 11) is 1.93. The van der Waals surface area contributed by atoms with E-state index in [1.807, 2.05) is 34.7 Å². The van der Waals surface area contributed by atoms with E-state index in [0.29, 0.717) is 38.4 Å². The molecule has 0 bridgehead atoms. The van der Waals surface area contributed by atoms with Gasteiger partial charge in [-0.15, -0.1) is 11.6 Å². The molecule has 2 aromatic rings.